The van der Waals surface area contributed by atoms with E-state index in [0.29, 0.717) is 4.88 Å². The molecule has 0 aromatic carbocycles. The molecule has 2 heterocycles. The molecule has 0 saturated carbocycles. The lowest BCUT2D eigenvalue weighted by Gasteiger charge is -2.34. The van der Waals surface area contributed by atoms with Crippen LogP contribution in [0, 0.1) is 0 Å². The van der Waals surface area contributed by atoms with Gasteiger partial charge in [0, 0.05) is 6.54 Å². The Morgan fingerprint density at radius 3 is 2.70 bits per heavy atom. The Labute approximate surface area is 128 Å². The fourth-order valence-corrected chi connectivity index (χ4v) is 4.96. The Morgan fingerprint density at radius 1 is 1.45 bits per heavy atom. The predicted molar refractivity (Wildman–Crippen MR) is 77.8 cm³/mol. The summed E-state index contributed by atoms with van der Waals surface area (Å²) in [5, 5.41) is 8.87. The van der Waals surface area contributed by atoms with Crippen molar-refractivity contribution < 1.29 is 23.1 Å². The van der Waals surface area contributed by atoms with E-state index in [-0.39, 0.29) is 30.4 Å². The highest BCUT2D eigenvalue weighted by Crippen LogP contribution is 2.25. The number of carboxylic acids is 1. The predicted octanol–water partition coefficient (Wildman–Crippen LogP) is 1.22. The maximum Gasteiger partial charge on any atom is 0.305 e. The van der Waals surface area contributed by atoms with E-state index in [1.807, 2.05) is 0 Å². The van der Waals surface area contributed by atoms with Gasteiger partial charge in [-0.25, -0.2) is 8.42 Å². The molecule has 1 aromatic rings. The second-order valence-electron chi connectivity index (χ2n) is 4.47. The summed E-state index contributed by atoms with van der Waals surface area (Å²) in [5.74, 6) is -1.85. The molecule has 1 N–H and O–H groups in total. The SMILES string of the molecule is O=C(O)CC1CS(=O)(=O)CCN1C(=O)c1ccc(Br)s1. The van der Waals surface area contributed by atoms with Gasteiger partial charge in [-0.1, -0.05) is 0 Å². The summed E-state index contributed by atoms with van der Waals surface area (Å²) in [4.78, 5) is 25.0. The highest BCUT2D eigenvalue weighted by atomic mass is 79.9. The number of carbonyl (C=O) groups is 2. The van der Waals surface area contributed by atoms with Gasteiger partial charge in [0.05, 0.1) is 32.6 Å². The largest absolute Gasteiger partial charge is 0.481 e. The summed E-state index contributed by atoms with van der Waals surface area (Å²) >= 11 is 4.49. The molecule has 6 nitrogen and oxygen atoms in total. The quantitative estimate of drug-likeness (QED) is 0.849. The van der Waals surface area contributed by atoms with Gasteiger partial charge >= 0.3 is 5.97 Å². The highest BCUT2D eigenvalue weighted by molar-refractivity contribution is 9.11. The van der Waals surface area contributed by atoms with Crippen LogP contribution in [0.25, 0.3) is 0 Å². The van der Waals surface area contributed by atoms with Crippen LogP contribution >= 0.6 is 27.3 Å². The number of aliphatic carboxylic acids is 1. The normalized spacial score (nSPS) is 21.6. The first-order valence-electron chi connectivity index (χ1n) is 5.77. The standard InChI is InChI=1S/C11H12BrNO5S2/c12-9-2-1-8(19-9)11(16)13-3-4-20(17,18)6-7(13)5-10(14)15/h1-2,7H,3-6H2,(H,14,15). The van der Waals surface area contributed by atoms with Crippen LogP contribution in [-0.2, 0) is 14.6 Å². The molecule has 1 aromatic heterocycles. The van der Waals surface area contributed by atoms with Crippen LogP contribution in [0.4, 0.5) is 0 Å². The number of thiophene rings is 1. The molecule has 1 aliphatic heterocycles. The van der Waals surface area contributed by atoms with Crippen LogP contribution in [0.2, 0.25) is 0 Å². The van der Waals surface area contributed by atoms with Crippen LogP contribution in [0.1, 0.15) is 16.1 Å². The number of amides is 1. The number of carbonyl (C=O) groups excluding carboxylic acids is 1. The van der Waals surface area contributed by atoms with Crippen molar-refractivity contribution in [1.29, 1.82) is 0 Å². The van der Waals surface area contributed by atoms with Gasteiger partial charge in [0.15, 0.2) is 9.84 Å². The molecule has 20 heavy (non-hydrogen) atoms. The Hall–Kier alpha value is -0.930. The number of halogens is 1. The zero-order chi connectivity index (χ0) is 14.9. The van der Waals surface area contributed by atoms with Gasteiger partial charge < -0.3 is 10.0 Å². The molecule has 0 spiro atoms. The lowest BCUT2D eigenvalue weighted by molar-refractivity contribution is -0.138. The third-order valence-corrected chi connectivity index (χ3v) is 6.29. The monoisotopic (exact) mass is 381 g/mol. The molecular weight excluding hydrogens is 370 g/mol. The Balaban J connectivity index is 2.23. The topological polar surface area (TPSA) is 91.8 Å². The van der Waals surface area contributed by atoms with Crippen molar-refractivity contribution in [2.24, 2.45) is 0 Å². The molecule has 9 heteroatoms. The molecule has 1 fully saturated rings. The Morgan fingerprint density at radius 2 is 2.15 bits per heavy atom. The van der Waals surface area contributed by atoms with E-state index in [0.717, 1.165) is 3.79 Å². The molecule has 1 unspecified atom stereocenters. The number of hydrogen-bond donors (Lipinski definition) is 1. The van der Waals surface area contributed by atoms with Crippen molar-refractivity contribution in [3.05, 3.63) is 20.8 Å². The minimum atomic E-state index is -3.28. The maximum absolute atomic E-state index is 12.3. The third kappa shape index (κ3) is 3.58. The maximum atomic E-state index is 12.3. The third-order valence-electron chi connectivity index (χ3n) is 2.99. The summed E-state index contributed by atoms with van der Waals surface area (Å²) in [6.07, 6.45) is -0.364. The van der Waals surface area contributed by atoms with Gasteiger partial charge in [-0.05, 0) is 28.1 Å². The number of sulfone groups is 1. The second-order valence-corrected chi connectivity index (χ2v) is 9.16. The first kappa shape index (κ1) is 15.5. The minimum Gasteiger partial charge on any atom is -0.481 e. The van der Waals surface area contributed by atoms with Crippen molar-refractivity contribution in [2.45, 2.75) is 12.5 Å². The van der Waals surface area contributed by atoms with E-state index in [4.69, 9.17) is 5.11 Å². The van der Waals surface area contributed by atoms with Crippen molar-refractivity contribution >= 4 is 49.0 Å². The summed E-state index contributed by atoms with van der Waals surface area (Å²) in [6.45, 7) is 0.0363. The van der Waals surface area contributed by atoms with Crippen LogP contribution in [-0.4, -0.2) is 54.4 Å². The van der Waals surface area contributed by atoms with Gasteiger partial charge in [0.25, 0.3) is 5.91 Å². The van der Waals surface area contributed by atoms with Crippen LogP contribution < -0.4 is 0 Å². The van der Waals surface area contributed by atoms with Crippen molar-refractivity contribution in [1.82, 2.24) is 4.90 Å². The summed E-state index contributed by atoms with van der Waals surface area (Å²) < 4.78 is 24.0. The fourth-order valence-electron chi connectivity index (χ4n) is 2.10. The van der Waals surface area contributed by atoms with Crippen LogP contribution in [0.15, 0.2) is 15.9 Å². The average Bonchev–Trinajstić information content (AvgIpc) is 2.73. The molecular formula is C11H12BrNO5S2. The van der Waals surface area contributed by atoms with E-state index in [2.05, 4.69) is 15.9 Å². The van der Waals surface area contributed by atoms with E-state index in [1.54, 1.807) is 12.1 Å². The Bertz CT molecular complexity index is 639. The van der Waals surface area contributed by atoms with Crippen molar-refractivity contribution in [3.63, 3.8) is 0 Å². The van der Waals surface area contributed by atoms with Gasteiger partial charge in [-0.2, -0.15) is 0 Å². The second kappa shape index (κ2) is 5.82. The van der Waals surface area contributed by atoms with E-state index in [9.17, 15) is 18.0 Å². The van der Waals surface area contributed by atoms with Gasteiger partial charge in [0.1, 0.15) is 0 Å². The van der Waals surface area contributed by atoms with Gasteiger partial charge in [-0.15, -0.1) is 11.3 Å². The summed E-state index contributed by atoms with van der Waals surface area (Å²) in [7, 11) is -3.28. The summed E-state index contributed by atoms with van der Waals surface area (Å²) in [5.41, 5.74) is 0. The molecule has 110 valence electrons. The summed E-state index contributed by atoms with van der Waals surface area (Å²) in [6, 6.07) is 2.56. The van der Waals surface area contributed by atoms with Gasteiger partial charge in [-0.3, -0.25) is 9.59 Å². The molecule has 1 atom stereocenters. The molecule has 1 saturated heterocycles. The zero-order valence-corrected chi connectivity index (χ0v) is 13.5. The lowest BCUT2D eigenvalue weighted by atomic mass is 10.2. The Kier molecular flexibility index (Phi) is 4.50. The van der Waals surface area contributed by atoms with Crippen LogP contribution in [0.5, 0.6) is 0 Å². The molecule has 2 rings (SSSR count). The van der Waals surface area contributed by atoms with Crippen molar-refractivity contribution in [2.75, 3.05) is 18.1 Å². The fraction of sp³-hybridized carbons (Fsp3) is 0.455. The molecule has 1 amide bonds. The molecule has 0 aliphatic carbocycles. The average molecular weight is 382 g/mol. The highest BCUT2D eigenvalue weighted by Gasteiger charge is 2.36. The number of rotatable bonds is 3. The number of nitrogens with zero attached hydrogens (tertiary/aromatic N) is 1. The first-order valence-corrected chi connectivity index (χ1v) is 9.20. The molecule has 0 bridgehead atoms. The van der Waals surface area contributed by atoms with E-state index in [1.165, 1.54) is 16.2 Å². The molecule has 0 radical (unpaired) electrons. The van der Waals surface area contributed by atoms with Gasteiger partial charge in [0.2, 0.25) is 0 Å². The zero-order valence-electron chi connectivity index (χ0n) is 10.3. The molecule has 1 aliphatic rings. The van der Waals surface area contributed by atoms with E-state index >= 15 is 0 Å². The van der Waals surface area contributed by atoms with E-state index < -0.39 is 21.8 Å². The number of carboxylic acid groups (broad SMARTS) is 1. The smallest absolute Gasteiger partial charge is 0.305 e. The minimum absolute atomic E-state index is 0.0363. The van der Waals surface area contributed by atoms with Crippen molar-refractivity contribution in [3.8, 4) is 0 Å². The lowest BCUT2D eigenvalue weighted by Crippen LogP contribution is -2.51. The van der Waals surface area contributed by atoms with Crippen LogP contribution in [0.3, 0.4) is 0 Å². The number of hydrogen-bond acceptors (Lipinski definition) is 5. The first-order chi connectivity index (χ1) is 9.28.